The molecular formula is C58H115NO6. The van der Waals surface area contributed by atoms with Crippen LogP contribution >= 0.6 is 0 Å². The summed E-state index contributed by atoms with van der Waals surface area (Å²) < 4.78 is 23.8. The number of carbonyl (C=O) groups is 2. The minimum absolute atomic E-state index is 0.0224. The summed E-state index contributed by atoms with van der Waals surface area (Å²) in [5.74, 6) is 0.827. The summed E-state index contributed by atoms with van der Waals surface area (Å²) >= 11 is 0. The fourth-order valence-electron chi connectivity index (χ4n) is 9.24. The molecule has 0 rings (SSSR count). The van der Waals surface area contributed by atoms with Crippen LogP contribution in [0.2, 0.25) is 0 Å². The van der Waals surface area contributed by atoms with E-state index in [-0.39, 0.29) is 24.0 Å². The molecule has 0 saturated heterocycles. The Balaban J connectivity index is 4.27. The minimum atomic E-state index is -0.0224. The van der Waals surface area contributed by atoms with Crippen LogP contribution in [0.4, 0.5) is 0 Å². The molecule has 0 aliphatic rings. The first-order valence-corrected chi connectivity index (χ1v) is 29.0. The Bertz CT molecular complexity index is 961. The highest BCUT2D eigenvalue weighted by Crippen LogP contribution is 2.23. The van der Waals surface area contributed by atoms with Crippen molar-refractivity contribution < 1.29 is 28.5 Å². The summed E-state index contributed by atoms with van der Waals surface area (Å²) in [6, 6.07) is 0. The lowest BCUT2D eigenvalue weighted by atomic mass is 9.94. The third-order valence-electron chi connectivity index (χ3n) is 13.6. The van der Waals surface area contributed by atoms with Crippen molar-refractivity contribution in [3.05, 3.63) is 0 Å². The quantitative estimate of drug-likeness (QED) is 0.0342. The van der Waals surface area contributed by atoms with Gasteiger partial charge in [0.25, 0.3) is 0 Å². The zero-order chi connectivity index (χ0) is 47.5. The molecule has 65 heavy (non-hydrogen) atoms. The zero-order valence-electron chi connectivity index (χ0n) is 44.9. The highest BCUT2D eigenvalue weighted by Gasteiger charge is 2.19. The van der Waals surface area contributed by atoms with Gasteiger partial charge in [-0.05, 0) is 97.2 Å². The molecule has 388 valence electrons. The maximum Gasteiger partial charge on any atom is 0.308 e. The lowest BCUT2D eigenvalue weighted by Crippen LogP contribution is -2.20. The van der Waals surface area contributed by atoms with E-state index >= 15 is 0 Å². The Labute approximate surface area is 406 Å². The predicted molar refractivity (Wildman–Crippen MR) is 280 cm³/mol. The second kappa shape index (κ2) is 52.2. The molecule has 0 aliphatic carbocycles. The summed E-state index contributed by atoms with van der Waals surface area (Å²) in [5.41, 5.74) is 0. The topological polar surface area (TPSA) is 74.3 Å². The molecule has 0 N–H and O–H groups in total. The van der Waals surface area contributed by atoms with Gasteiger partial charge in [0.05, 0.1) is 19.1 Å². The van der Waals surface area contributed by atoms with Crippen molar-refractivity contribution in [1.29, 1.82) is 0 Å². The maximum atomic E-state index is 13.0. The zero-order valence-corrected chi connectivity index (χ0v) is 44.9. The van der Waals surface area contributed by atoms with E-state index < -0.39 is 0 Å². The van der Waals surface area contributed by atoms with Crippen LogP contribution in [0.5, 0.6) is 0 Å². The van der Waals surface area contributed by atoms with E-state index in [1.165, 1.54) is 186 Å². The van der Waals surface area contributed by atoms with Crippen molar-refractivity contribution in [2.24, 2.45) is 11.8 Å². The molecule has 3 atom stereocenters. The summed E-state index contributed by atoms with van der Waals surface area (Å²) in [6.45, 7) is 12.7. The van der Waals surface area contributed by atoms with E-state index in [4.69, 9.17) is 18.9 Å². The molecule has 7 heteroatoms. The van der Waals surface area contributed by atoms with Gasteiger partial charge in [0, 0.05) is 13.0 Å². The Hall–Kier alpha value is -1.18. The van der Waals surface area contributed by atoms with Crippen molar-refractivity contribution in [3.63, 3.8) is 0 Å². The summed E-state index contributed by atoms with van der Waals surface area (Å²) in [4.78, 5) is 27.8. The minimum Gasteiger partial charge on any atom is -0.465 e. The van der Waals surface area contributed by atoms with Crippen molar-refractivity contribution in [2.75, 3.05) is 47.3 Å². The number of nitrogens with zero attached hydrogens (tertiary/aromatic N) is 1. The Kier molecular flexibility index (Phi) is 51.2. The van der Waals surface area contributed by atoms with E-state index in [0.29, 0.717) is 25.7 Å². The highest BCUT2D eigenvalue weighted by molar-refractivity contribution is 5.72. The number of hydrogen-bond acceptors (Lipinski definition) is 7. The van der Waals surface area contributed by atoms with Crippen LogP contribution in [0.25, 0.3) is 0 Å². The first kappa shape index (κ1) is 63.8. The van der Waals surface area contributed by atoms with Gasteiger partial charge in [0.1, 0.15) is 12.9 Å². The Morgan fingerprint density at radius 2 is 0.800 bits per heavy atom. The van der Waals surface area contributed by atoms with Crippen LogP contribution in [0.15, 0.2) is 0 Å². The molecule has 3 unspecified atom stereocenters. The summed E-state index contributed by atoms with van der Waals surface area (Å²) in [7, 11) is 4.11. The molecule has 0 radical (unpaired) electrons. The van der Waals surface area contributed by atoms with Crippen LogP contribution < -0.4 is 0 Å². The number of hydrogen-bond donors (Lipinski definition) is 0. The Morgan fingerprint density at radius 3 is 1.26 bits per heavy atom. The number of unbranched alkanes of at least 4 members (excludes halogenated alkanes) is 28. The lowest BCUT2D eigenvalue weighted by Gasteiger charge is -2.18. The van der Waals surface area contributed by atoms with E-state index in [9.17, 15) is 9.59 Å². The number of carbonyl (C=O) groups excluding carboxylic acids is 2. The van der Waals surface area contributed by atoms with Gasteiger partial charge in [0.2, 0.25) is 0 Å². The highest BCUT2D eigenvalue weighted by atomic mass is 16.7. The molecule has 0 spiro atoms. The van der Waals surface area contributed by atoms with E-state index in [2.05, 4.69) is 46.7 Å². The molecule has 0 amide bonds. The standard InChI is InChI=1S/C58H115NO6/c1-7-11-15-19-27-34-43-54(42-33-17-13-9-3)52-63-53-62-50-39-31-25-21-23-29-37-46-56(65-57(60)48-41-49-59(5)6)47-38-30-24-22-26-32-40-51-64-58(61)55(44-35-18-14-10-4)45-36-28-20-16-12-8-2/h54-56H,7-53H2,1-6H3. The van der Waals surface area contributed by atoms with Gasteiger partial charge in [-0.1, -0.05) is 220 Å². The molecule has 0 aromatic heterocycles. The first-order valence-electron chi connectivity index (χ1n) is 29.0. The molecular weight excluding hydrogens is 807 g/mol. The van der Waals surface area contributed by atoms with Gasteiger partial charge < -0.3 is 23.8 Å². The van der Waals surface area contributed by atoms with Gasteiger partial charge in [-0.3, -0.25) is 9.59 Å². The number of esters is 2. The van der Waals surface area contributed by atoms with Gasteiger partial charge in [-0.15, -0.1) is 0 Å². The SMILES string of the molecule is CCCCCCCCC(CCCCCC)COCOCCCCCCCCCC(CCCCCCCCCOC(=O)C(CCCCCC)CCCCCCCC)OC(=O)CCCN(C)C. The number of ether oxygens (including phenoxy) is 4. The van der Waals surface area contributed by atoms with Crippen LogP contribution in [-0.2, 0) is 28.5 Å². The monoisotopic (exact) mass is 922 g/mol. The summed E-state index contributed by atoms with van der Waals surface area (Å²) in [5, 5.41) is 0. The Morgan fingerprint density at radius 1 is 0.415 bits per heavy atom. The van der Waals surface area contributed by atoms with Crippen LogP contribution in [0, 0.1) is 11.8 Å². The fraction of sp³-hybridized carbons (Fsp3) is 0.966. The molecule has 0 aliphatic heterocycles. The summed E-state index contributed by atoms with van der Waals surface area (Å²) in [6.07, 6.45) is 50.6. The molecule has 0 saturated carbocycles. The molecule has 0 aromatic carbocycles. The second-order valence-corrected chi connectivity index (χ2v) is 20.5. The first-order chi connectivity index (χ1) is 31.9. The third kappa shape index (κ3) is 47.7. The van der Waals surface area contributed by atoms with Gasteiger partial charge in [0.15, 0.2) is 0 Å². The largest absolute Gasteiger partial charge is 0.465 e. The number of rotatable bonds is 54. The molecule has 0 aromatic rings. The van der Waals surface area contributed by atoms with Gasteiger partial charge in [-0.25, -0.2) is 0 Å². The maximum absolute atomic E-state index is 13.0. The smallest absolute Gasteiger partial charge is 0.308 e. The normalized spacial score (nSPS) is 13.1. The average molecular weight is 923 g/mol. The molecule has 0 heterocycles. The fourth-order valence-corrected chi connectivity index (χ4v) is 9.24. The predicted octanol–water partition coefficient (Wildman–Crippen LogP) is 17.7. The van der Waals surface area contributed by atoms with Gasteiger partial charge >= 0.3 is 11.9 Å². The van der Waals surface area contributed by atoms with Crippen LogP contribution in [-0.4, -0.2) is 70.2 Å². The van der Waals surface area contributed by atoms with E-state index in [1.54, 1.807) is 0 Å². The second-order valence-electron chi connectivity index (χ2n) is 20.5. The molecule has 0 fully saturated rings. The van der Waals surface area contributed by atoms with E-state index in [1.807, 2.05) is 0 Å². The van der Waals surface area contributed by atoms with Crippen molar-refractivity contribution in [3.8, 4) is 0 Å². The van der Waals surface area contributed by atoms with Gasteiger partial charge in [-0.2, -0.15) is 0 Å². The van der Waals surface area contributed by atoms with E-state index in [0.717, 1.165) is 96.8 Å². The van der Waals surface area contributed by atoms with Crippen LogP contribution in [0.3, 0.4) is 0 Å². The van der Waals surface area contributed by atoms with Crippen molar-refractivity contribution in [2.45, 2.75) is 303 Å². The molecule has 7 nitrogen and oxygen atoms in total. The van der Waals surface area contributed by atoms with Crippen LogP contribution in [0.1, 0.15) is 297 Å². The lowest BCUT2D eigenvalue weighted by molar-refractivity contribution is -0.150. The third-order valence-corrected chi connectivity index (χ3v) is 13.6. The average Bonchev–Trinajstić information content (AvgIpc) is 3.29. The molecule has 0 bridgehead atoms. The van der Waals surface area contributed by atoms with Crippen molar-refractivity contribution in [1.82, 2.24) is 4.90 Å². The van der Waals surface area contributed by atoms with Crippen molar-refractivity contribution >= 4 is 11.9 Å².